The molecule has 4 heteroatoms. The summed E-state index contributed by atoms with van der Waals surface area (Å²) in [6.07, 6.45) is -2.46. The number of ether oxygens (including phenoxy) is 2. The quantitative estimate of drug-likeness (QED) is 0.528. The summed E-state index contributed by atoms with van der Waals surface area (Å²) in [6.45, 7) is 4.15. The molecule has 0 saturated heterocycles. The second-order valence-electron chi connectivity index (χ2n) is 1.69. The van der Waals surface area contributed by atoms with E-state index >= 15 is 0 Å². The second-order valence-corrected chi connectivity index (χ2v) is 1.69. The Kier molecular flexibility index (Phi) is 5.52. The van der Waals surface area contributed by atoms with E-state index in [1.165, 1.54) is 0 Å². The van der Waals surface area contributed by atoms with Crippen molar-refractivity contribution in [2.75, 3.05) is 13.2 Å². The van der Waals surface area contributed by atoms with E-state index in [0.717, 1.165) is 0 Å². The lowest BCUT2D eigenvalue weighted by molar-refractivity contribution is -0.248. The first-order valence-electron chi connectivity index (χ1n) is 3.31. The van der Waals surface area contributed by atoms with E-state index in [1.807, 2.05) is 0 Å². The summed E-state index contributed by atoms with van der Waals surface area (Å²) in [5.74, 6) is 0. The van der Waals surface area contributed by atoms with Gasteiger partial charge in [0, 0.05) is 13.2 Å². The predicted octanol–water partition coefficient (Wildman–Crippen LogP) is -0.304. The van der Waals surface area contributed by atoms with Crippen molar-refractivity contribution in [2.45, 2.75) is 26.4 Å². The fraction of sp³-hybridized carbons (Fsp3) is 1.00. The van der Waals surface area contributed by atoms with E-state index in [1.54, 1.807) is 13.8 Å². The van der Waals surface area contributed by atoms with Crippen LogP contribution in [0, 0.1) is 0 Å². The van der Waals surface area contributed by atoms with Gasteiger partial charge in [-0.05, 0) is 13.8 Å². The average Bonchev–Trinajstić information content (AvgIpc) is 1.89. The molecule has 0 aromatic carbocycles. The van der Waals surface area contributed by atoms with Crippen molar-refractivity contribution in [3.8, 4) is 0 Å². The van der Waals surface area contributed by atoms with Crippen molar-refractivity contribution in [2.24, 2.45) is 0 Å². The molecule has 0 aliphatic carbocycles. The molecule has 2 N–H and O–H groups in total. The monoisotopic (exact) mass is 150 g/mol. The Morgan fingerprint density at radius 1 is 1.00 bits per heavy atom. The summed E-state index contributed by atoms with van der Waals surface area (Å²) in [4.78, 5) is 0. The highest BCUT2D eigenvalue weighted by molar-refractivity contribution is 4.42. The Bertz CT molecular complexity index is 66.1. The summed E-state index contributed by atoms with van der Waals surface area (Å²) in [5, 5.41) is 17.7. The lowest BCUT2D eigenvalue weighted by Crippen LogP contribution is -2.31. The average molecular weight is 150 g/mol. The number of aliphatic hydroxyl groups is 2. The van der Waals surface area contributed by atoms with E-state index < -0.39 is 12.6 Å². The third-order valence-electron chi connectivity index (χ3n) is 0.919. The van der Waals surface area contributed by atoms with Crippen molar-refractivity contribution in [3.63, 3.8) is 0 Å². The number of rotatable bonds is 5. The molecule has 62 valence electrons. The summed E-state index contributed by atoms with van der Waals surface area (Å²) < 4.78 is 9.27. The van der Waals surface area contributed by atoms with Crippen molar-refractivity contribution in [1.29, 1.82) is 0 Å². The van der Waals surface area contributed by atoms with E-state index in [9.17, 15) is 0 Å². The van der Waals surface area contributed by atoms with Gasteiger partial charge in [-0.3, -0.25) is 0 Å². The van der Waals surface area contributed by atoms with Crippen LogP contribution in [-0.4, -0.2) is 36.0 Å². The molecule has 0 radical (unpaired) electrons. The Labute approximate surface area is 60.4 Å². The van der Waals surface area contributed by atoms with Gasteiger partial charge in [-0.1, -0.05) is 0 Å². The fourth-order valence-electron chi connectivity index (χ4n) is 0.506. The van der Waals surface area contributed by atoms with Gasteiger partial charge in [0.05, 0.1) is 0 Å². The molecule has 0 aromatic rings. The highest BCUT2D eigenvalue weighted by Gasteiger charge is 2.14. The maximum atomic E-state index is 8.85. The van der Waals surface area contributed by atoms with Gasteiger partial charge in [0.2, 0.25) is 12.6 Å². The van der Waals surface area contributed by atoms with Gasteiger partial charge >= 0.3 is 0 Å². The summed E-state index contributed by atoms with van der Waals surface area (Å²) >= 11 is 0. The molecule has 0 aliphatic heterocycles. The zero-order valence-electron chi connectivity index (χ0n) is 6.28. The first-order chi connectivity index (χ1) is 4.72. The Morgan fingerprint density at radius 2 is 1.30 bits per heavy atom. The van der Waals surface area contributed by atoms with E-state index in [2.05, 4.69) is 9.47 Å². The molecular weight excluding hydrogens is 136 g/mol. The SMILES string of the molecule is CCOC(O)C(O)OCC. The minimum atomic E-state index is -1.23. The van der Waals surface area contributed by atoms with Gasteiger partial charge in [-0.2, -0.15) is 0 Å². The molecule has 0 amide bonds. The molecule has 0 bridgehead atoms. The maximum absolute atomic E-state index is 8.85. The van der Waals surface area contributed by atoms with E-state index in [0.29, 0.717) is 13.2 Å². The van der Waals surface area contributed by atoms with Crippen LogP contribution in [0.1, 0.15) is 13.8 Å². The summed E-state index contributed by atoms with van der Waals surface area (Å²) in [5.41, 5.74) is 0. The van der Waals surface area contributed by atoms with Crippen LogP contribution in [0.3, 0.4) is 0 Å². The lowest BCUT2D eigenvalue weighted by atomic mass is 10.6. The third kappa shape index (κ3) is 3.79. The van der Waals surface area contributed by atoms with Gasteiger partial charge in [0.25, 0.3) is 0 Å². The van der Waals surface area contributed by atoms with Crippen LogP contribution in [0.4, 0.5) is 0 Å². The minimum absolute atomic E-state index is 0.352. The Balaban J connectivity index is 3.38. The molecule has 0 spiro atoms. The first-order valence-corrected chi connectivity index (χ1v) is 3.31. The van der Waals surface area contributed by atoms with E-state index in [-0.39, 0.29) is 0 Å². The van der Waals surface area contributed by atoms with Gasteiger partial charge < -0.3 is 19.7 Å². The molecular formula is C6H14O4. The molecule has 0 aromatic heterocycles. The fourth-order valence-corrected chi connectivity index (χ4v) is 0.506. The van der Waals surface area contributed by atoms with Crippen LogP contribution >= 0.6 is 0 Å². The predicted molar refractivity (Wildman–Crippen MR) is 35.3 cm³/mol. The lowest BCUT2D eigenvalue weighted by Gasteiger charge is -2.16. The molecule has 0 rings (SSSR count). The van der Waals surface area contributed by atoms with Crippen molar-refractivity contribution in [1.82, 2.24) is 0 Å². The second kappa shape index (κ2) is 5.61. The first kappa shape index (κ1) is 9.84. The smallest absolute Gasteiger partial charge is 0.206 e. The van der Waals surface area contributed by atoms with Crippen LogP contribution in [0.25, 0.3) is 0 Å². The molecule has 0 fully saturated rings. The largest absolute Gasteiger partial charge is 0.364 e. The van der Waals surface area contributed by atoms with Gasteiger partial charge in [0.1, 0.15) is 0 Å². The van der Waals surface area contributed by atoms with Gasteiger partial charge in [0.15, 0.2) is 0 Å². The Morgan fingerprint density at radius 3 is 1.50 bits per heavy atom. The van der Waals surface area contributed by atoms with Crippen LogP contribution in [0.2, 0.25) is 0 Å². The Hall–Kier alpha value is -0.160. The molecule has 4 nitrogen and oxygen atoms in total. The van der Waals surface area contributed by atoms with Gasteiger partial charge in [-0.15, -0.1) is 0 Å². The minimum Gasteiger partial charge on any atom is -0.364 e. The zero-order chi connectivity index (χ0) is 7.98. The molecule has 10 heavy (non-hydrogen) atoms. The summed E-state index contributed by atoms with van der Waals surface area (Å²) in [6, 6.07) is 0. The van der Waals surface area contributed by atoms with Crippen LogP contribution in [0.15, 0.2) is 0 Å². The van der Waals surface area contributed by atoms with Crippen LogP contribution in [0.5, 0.6) is 0 Å². The normalized spacial score (nSPS) is 16.8. The molecule has 0 saturated carbocycles. The number of hydrogen-bond acceptors (Lipinski definition) is 4. The van der Waals surface area contributed by atoms with Crippen molar-refractivity contribution < 1.29 is 19.7 Å². The summed E-state index contributed by atoms with van der Waals surface area (Å²) in [7, 11) is 0. The maximum Gasteiger partial charge on any atom is 0.206 e. The topological polar surface area (TPSA) is 58.9 Å². The highest BCUT2D eigenvalue weighted by atomic mass is 16.7. The third-order valence-corrected chi connectivity index (χ3v) is 0.919. The van der Waals surface area contributed by atoms with Crippen LogP contribution in [-0.2, 0) is 9.47 Å². The number of hydrogen-bond donors (Lipinski definition) is 2. The molecule has 0 heterocycles. The molecule has 0 aliphatic rings. The van der Waals surface area contributed by atoms with Crippen molar-refractivity contribution in [3.05, 3.63) is 0 Å². The number of aliphatic hydroxyl groups excluding tert-OH is 2. The highest BCUT2D eigenvalue weighted by Crippen LogP contribution is 1.96. The van der Waals surface area contributed by atoms with E-state index in [4.69, 9.17) is 10.2 Å². The molecule has 2 unspecified atom stereocenters. The molecule has 2 atom stereocenters. The van der Waals surface area contributed by atoms with Crippen molar-refractivity contribution >= 4 is 0 Å². The zero-order valence-corrected chi connectivity index (χ0v) is 6.28. The standard InChI is InChI=1S/C6H14O4/c1-3-9-5(7)6(8)10-4-2/h5-8H,3-4H2,1-2H3. The van der Waals surface area contributed by atoms with Crippen LogP contribution < -0.4 is 0 Å². The van der Waals surface area contributed by atoms with Gasteiger partial charge in [-0.25, -0.2) is 0 Å².